The van der Waals surface area contributed by atoms with Gasteiger partial charge in [-0.1, -0.05) is 25.2 Å². The molecular formula is C10H16O. The summed E-state index contributed by atoms with van der Waals surface area (Å²) in [5.41, 5.74) is 0. The fourth-order valence-corrected chi connectivity index (χ4v) is 0.790. The molecule has 11 heavy (non-hydrogen) atoms. The summed E-state index contributed by atoms with van der Waals surface area (Å²) in [7, 11) is 0. The van der Waals surface area contributed by atoms with Crippen molar-refractivity contribution < 1.29 is 4.79 Å². The number of allylic oxidation sites excluding steroid dienone is 4. The van der Waals surface area contributed by atoms with Crippen molar-refractivity contribution in [3.8, 4) is 0 Å². The van der Waals surface area contributed by atoms with Gasteiger partial charge >= 0.3 is 0 Å². The summed E-state index contributed by atoms with van der Waals surface area (Å²) in [6.07, 6.45) is 13.0. The Morgan fingerprint density at radius 3 is 2.45 bits per heavy atom. The third-order valence-electron chi connectivity index (χ3n) is 1.36. The van der Waals surface area contributed by atoms with Gasteiger partial charge in [0, 0.05) is 0 Å². The first-order valence-corrected chi connectivity index (χ1v) is 4.17. The first-order chi connectivity index (χ1) is 5.41. The molecule has 0 heterocycles. The van der Waals surface area contributed by atoms with Crippen LogP contribution < -0.4 is 0 Å². The highest BCUT2D eigenvalue weighted by Gasteiger charge is 1.78. The summed E-state index contributed by atoms with van der Waals surface area (Å²) < 4.78 is 0. The molecule has 0 fully saturated rings. The van der Waals surface area contributed by atoms with Gasteiger partial charge < -0.3 is 0 Å². The highest BCUT2D eigenvalue weighted by atomic mass is 16.1. The van der Waals surface area contributed by atoms with Gasteiger partial charge in [-0.15, -0.1) is 0 Å². The molecule has 0 aromatic carbocycles. The van der Waals surface area contributed by atoms with Crippen molar-refractivity contribution in [2.75, 3.05) is 0 Å². The van der Waals surface area contributed by atoms with Gasteiger partial charge in [0.25, 0.3) is 0 Å². The number of hydrogen-bond donors (Lipinski definition) is 0. The zero-order valence-corrected chi connectivity index (χ0v) is 7.12. The van der Waals surface area contributed by atoms with E-state index < -0.39 is 0 Å². The van der Waals surface area contributed by atoms with E-state index in [2.05, 4.69) is 19.1 Å². The van der Waals surface area contributed by atoms with Crippen LogP contribution in [0.1, 0.15) is 32.6 Å². The van der Waals surface area contributed by atoms with Crippen molar-refractivity contribution in [1.82, 2.24) is 0 Å². The number of rotatable bonds is 6. The third kappa shape index (κ3) is 9.15. The second kappa shape index (κ2) is 9.15. The molecule has 0 aromatic rings. The quantitative estimate of drug-likeness (QED) is 0.247. The predicted octanol–water partition coefficient (Wildman–Crippen LogP) is 2.88. The highest BCUT2D eigenvalue weighted by molar-refractivity contribution is 5.64. The largest absolute Gasteiger partial charge is 0.299 e. The molecular weight excluding hydrogens is 136 g/mol. The van der Waals surface area contributed by atoms with E-state index in [0.717, 1.165) is 32.0 Å². The van der Waals surface area contributed by atoms with Gasteiger partial charge in [0.15, 0.2) is 0 Å². The summed E-state index contributed by atoms with van der Waals surface area (Å²) in [5, 5.41) is 0. The second-order valence-electron chi connectivity index (χ2n) is 2.37. The molecule has 0 amide bonds. The predicted molar refractivity (Wildman–Crippen MR) is 48.5 cm³/mol. The minimum atomic E-state index is 0.821. The minimum Gasteiger partial charge on any atom is -0.299 e. The Hall–Kier alpha value is -0.850. The van der Waals surface area contributed by atoms with E-state index in [-0.39, 0.29) is 0 Å². The maximum absolute atomic E-state index is 9.84. The Bertz CT molecular complexity index is 134. The van der Waals surface area contributed by atoms with Crippen LogP contribution in [0.25, 0.3) is 0 Å². The Kier molecular flexibility index (Phi) is 8.44. The number of aldehydes is 1. The lowest BCUT2D eigenvalue weighted by Crippen LogP contribution is -1.69. The lowest BCUT2D eigenvalue weighted by molar-refractivity contribution is -0.104. The first-order valence-electron chi connectivity index (χ1n) is 4.17. The van der Waals surface area contributed by atoms with E-state index in [1.165, 1.54) is 0 Å². The minimum absolute atomic E-state index is 0.821. The molecule has 0 aliphatic carbocycles. The summed E-state index contributed by atoms with van der Waals surface area (Å²) in [6.45, 7) is 2.13. The van der Waals surface area contributed by atoms with Gasteiger partial charge in [-0.25, -0.2) is 0 Å². The standard InChI is InChI=1S/C10H16O/c1-2-3-4-5-6-7-8-9-10-11/h3-4,8-10H,2,5-7H2,1H3/b4-3?,9-8+. The van der Waals surface area contributed by atoms with Crippen molar-refractivity contribution in [3.05, 3.63) is 24.3 Å². The molecule has 0 atom stereocenters. The zero-order chi connectivity index (χ0) is 8.36. The molecule has 0 aliphatic heterocycles. The van der Waals surface area contributed by atoms with Crippen molar-refractivity contribution >= 4 is 6.29 Å². The van der Waals surface area contributed by atoms with Crippen molar-refractivity contribution in [1.29, 1.82) is 0 Å². The number of hydrogen-bond acceptors (Lipinski definition) is 1. The van der Waals surface area contributed by atoms with E-state index in [9.17, 15) is 4.79 Å². The van der Waals surface area contributed by atoms with Gasteiger partial charge in [-0.2, -0.15) is 0 Å². The maximum atomic E-state index is 9.84. The normalized spacial score (nSPS) is 11.4. The van der Waals surface area contributed by atoms with E-state index >= 15 is 0 Å². The molecule has 0 aromatic heterocycles. The summed E-state index contributed by atoms with van der Waals surface area (Å²) in [6, 6.07) is 0. The lowest BCUT2D eigenvalue weighted by atomic mass is 10.2. The number of unbranched alkanes of at least 4 members (excludes halogenated alkanes) is 2. The molecule has 0 N–H and O–H groups in total. The summed E-state index contributed by atoms with van der Waals surface area (Å²) in [4.78, 5) is 9.84. The Balaban J connectivity index is 3.08. The van der Waals surface area contributed by atoms with Gasteiger partial charge in [0.1, 0.15) is 6.29 Å². The Morgan fingerprint density at radius 1 is 1.09 bits per heavy atom. The molecule has 0 unspecified atom stereocenters. The molecule has 62 valence electrons. The average molecular weight is 152 g/mol. The van der Waals surface area contributed by atoms with Crippen molar-refractivity contribution in [3.63, 3.8) is 0 Å². The van der Waals surface area contributed by atoms with Crippen LogP contribution in [0, 0.1) is 0 Å². The van der Waals surface area contributed by atoms with Crippen LogP contribution in [-0.2, 0) is 4.79 Å². The molecule has 0 rings (SSSR count). The Labute approximate surface area is 68.8 Å². The van der Waals surface area contributed by atoms with E-state index in [1.54, 1.807) is 6.08 Å². The number of carbonyl (C=O) groups excluding carboxylic acids is 1. The maximum Gasteiger partial charge on any atom is 0.142 e. The van der Waals surface area contributed by atoms with Crippen LogP contribution in [-0.4, -0.2) is 6.29 Å². The average Bonchev–Trinajstić information content (AvgIpc) is 2.03. The van der Waals surface area contributed by atoms with Gasteiger partial charge in [0.05, 0.1) is 0 Å². The second-order valence-corrected chi connectivity index (χ2v) is 2.37. The zero-order valence-electron chi connectivity index (χ0n) is 7.12. The van der Waals surface area contributed by atoms with Crippen molar-refractivity contribution in [2.45, 2.75) is 32.6 Å². The molecule has 0 saturated carbocycles. The SMILES string of the molecule is CCC=CCCC/C=C/C=O. The topological polar surface area (TPSA) is 17.1 Å². The fourth-order valence-electron chi connectivity index (χ4n) is 0.790. The first kappa shape index (κ1) is 10.2. The van der Waals surface area contributed by atoms with Crippen LogP contribution in [0.15, 0.2) is 24.3 Å². The smallest absolute Gasteiger partial charge is 0.142 e. The third-order valence-corrected chi connectivity index (χ3v) is 1.36. The summed E-state index contributed by atoms with van der Waals surface area (Å²) in [5.74, 6) is 0. The molecule has 1 nitrogen and oxygen atoms in total. The highest BCUT2D eigenvalue weighted by Crippen LogP contribution is 1.97. The van der Waals surface area contributed by atoms with Crippen LogP contribution in [0.3, 0.4) is 0 Å². The molecule has 1 heteroatoms. The van der Waals surface area contributed by atoms with Crippen LogP contribution in [0.4, 0.5) is 0 Å². The van der Waals surface area contributed by atoms with Crippen LogP contribution in [0.2, 0.25) is 0 Å². The fraction of sp³-hybridized carbons (Fsp3) is 0.500. The molecule has 0 spiro atoms. The van der Waals surface area contributed by atoms with Gasteiger partial charge in [-0.3, -0.25) is 4.79 Å². The monoisotopic (exact) mass is 152 g/mol. The Morgan fingerprint density at radius 2 is 1.82 bits per heavy atom. The molecule has 0 radical (unpaired) electrons. The van der Waals surface area contributed by atoms with Crippen LogP contribution in [0.5, 0.6) is 0 Å². The molecule has 0 bridgehead atoms. The van der Waals surface area contributed by atoms with E-state index in [4.69, 9.17) is 0 Å². The van der Waals surface area contributed by atoms with Gasteiger partial charge in [0.2, 0.25) is 0 Å². The van der Waals surface area contributed by atoms with Crippen molar-refractivity contribution in [2.24, 2.45) is 0 Å². The number of carbonyl (C=O) groups is 1. The molecule has 0 aliphatic rings. The van der Waals surface area contributed by atoms with Crippen LogP contribution >= 0.6 is 0 Å². The summed E-state index contributed by atoms with van der Waals surface area (Å²) >= 11 is 0. The van der Waals surface area contributed by atoms with E-state index in [0.29, 0.717) is 0 Å². The van der Waals surface area contributed by atoms with E-state index in [1.807, 2.05) is 6.08 Å². The lowest BCUT2D eigenvalue weighted by Gasteiger charge is -1.87. The molecule has 0 saturated heterocycles. The van der Waals surface area contributed by atoms with Gasteiger partial charge in [-0.05, 0) is 31.8 Å².